The third-order valence-electron chi connectivity index (χ3n) is 3.65. The van der Waals surface area contributed by atoms with Gasteiger partial charge in [0.25, 0.3) is 0 Å². The van der Waals surface area contributed by atoms with Crippen LogP contribution >= 0.6 is 0 Å². The maximum atomic E-state index is 13.2. The summed E-state index contributed by atoms with van der Waals surface area (Å²) in [6.45, 7) is 0.878. The van der Waals surface area contributed by atoms with E-state index in [-0.39, 0.29) is 12.1 Å². The van der Waals surface area contributed by atoms with E-state index >= 15 is 0 Å². The first-order valence-electron chi connectivity index (χ1n) is 4.14. The Morgan fingerprint density at radius 2 is 2.25 bits per heavy atom. The summed E-state index contributed by atoms with van der Waals surface area (Å²) in [4.78, 5) is 1.66. The lowest BCUT2D eigenvalue weighted by Crippen LogP contribution is -2.85. The van der Waals surface area contributed by atoms with Crippen molar-refractivity contribution in [2.75, 3.05) is 13.2 Å². The molecular weight excluding hydrogens is 164 g/mol. The molecular formula is C8H10F2NO-. The monoisotopic (exact) mass is 174 g/mol. The Bertz CT molecular complexity index is 237. The molecule has 12 heavy (non-hydrogen) atoms. The largest absolute Gasteiger partial charge is 0.448 e. The van der Waals surface area contributed by atoms with Gasteiger partial charge in [0, 0.05) is 12.1 Å². The van der Waals surface area contributed by atoms with Crippen LogP contribution in [0.5, 0.6) is 0 Å². The second-order valence-corrected chi connectivity index (χ2v) is 3.95. The molecule has 2 heterocycles. The number of likely N-dealkylation sites (tertiary alicyclic amines) is 1. The fourth-order valence-corrected chi connectivity index (χ4v) is 2.95. The Labute approximate surface area is 69.5 Å². The Morgan fingerprint density at radius 1 is 1.50 bits per heavy atom. The van der Waals surface area contributed by atoms with Crippen LogP contribution in [0.3, 0.4) is 0 Å². The van der Waals surface area contributed by atoms with Crippen molar-refractivity contribution in [2.24, 2.45) is 5.41 Å². The minimum Gasteiger partial charge on any atom is -0.448 e. The molecule has 2 aliphatic heterocycles. The van der Waals surface area contributed by atoms with Crippen molar-refractivity contribution in [3.8, 4) is 0 Å². The fraction of sp³-hybridized carbons (Fsp3) is 0.875. The summed E-state index contributed by atoms with van der Waals surface area (Å²) in [6, 6.07) is -0.301. The van der Waals surface area contributed by atoms with Crippen molar-refractivity contribution in [3.63, 3.8) is 0 Å². The number of rotatable bonds is 0. The Balaban J connectivity index is 1.94. The molecule has 0 aromatic heterocycles. The van der Waals surface area contributed by atoms with Crippen LogP contribution in [0.25, 0.3) is 0 Å². The van der Waals surface area contributed by atoms with Crippen molar-refractivity contribution in [1.82, 2.24) is 4.90 Å². The number of ether oxygens (including phenoxy) is 1. The van der Waals surface area contributed by atoms with Gasteiger partial charge in [-0.25, -0.2) is 8.78 Å². The second-order valence-electron chi connectivity index (χ2n) is 3.95. The fourth-order valence-electron chi connectivity index (χ4n) is 2.95. The molecule has 3 rings (SSSR count). The van der Waals surface area contributed by atoms with Gasteiger partial charge in [0.15, 0.2) is 0 Å². The van der Waals surface area contributed by atoms with E-state index in [0.29, 0.717) is 13.2 Å². The molecule has 0 N–H and O–H groups in total. The van der Waals surface area contributed by atoms with Gasteiger partial charge in [-0.15, -0.1) is 0 Å². The Kier molecular flexibility index (Phi) is 1.10. The molecule has 0 bridgehead atoms. The van der Waals surface area contributed by atoms with Gasteiger partial charge in [-0.05, 0) is 0 Å². The number of hydrogen-bond acceptors (Lipinski definition) is 2. The molecule has 0 aromatic carbocycles. The van der Waals surface area contributed by atoms with Gasteiger partial charge in [0.1, 0.15) is 12.3 Å². The molecule has 1 spiro atoms. The predicted octanol–water partition coefficient (Wildman–Crippen LogP) is 0.537. The molecule has 2 nitrogen and oxygen atoms in total. The van der Waals surface area contributed by atoms with Crippen molar-refractivity contribution in [1.29, 1.82) is 0 Å². The van der Waals surface area contributed by atoms with Crippen molar-refractivity contribution < 1.29 is 13.5 Å². The normalized spacial score (nSPS) is 63.2. The number of halogens is 2. The van der Waals surface area contributed by atoms with E-state index in [1.54, 1.807) is 4.90 Å². The SMILES string of the molecule is [CH2-]N1C2COCC23C(F)C(F)C13. The zero-order valence-electron chi connectivity index (χ0n) is 6.54. The lowest BCUT2D eigenvalue weighted by atomic mass is 9.51. The highest BCUT2D eigenvalue weighted by molar-refractivity contribution is 5.29. The standard InChI is InChI=1S/C8H10F2NO/c1-11-4-2-12-3-8(4)6(10)5(9)7(8)11/h4-7H,1-3H2/q-1. The van der Waals surface area contributed by atoms with E-state index in [2.05, 4.69) is 7.05 Å². The molecule has 0 amide bonds. The van der Waals surface area contributed by atoms with Crippen LogP contribution in [0.2, 0.25) is 0 Å². The van der Waals surface area contributed by atoms with Crippen LogP contribution in [-0.4, -0.2) is 42.5 Å². The van der Waals surface area contributed by atoms with Gasteiger partial charge in [0.2, 0.25) is 0 Å². The lowest BCUT2D eigenvalue weighted by Gasteiger charge is -2.72. The van der Waals surface area contributed by atoms with E-state index in [0.717, 1.165) is 0 Å². The first-order chi connectivity index (χ1) is 5.69. The van der Waals surface area contributed by atoms with Gasteiger partial charge in [-0.3, -0.25) is 7.05 Å². The van der Waals surface area contributed by atoms with Crippen LogP contribution in [-0.2, 0) is 4.74 Å². The summed E-state index contributed by atoms with van der Waals surface area (Å²) in [7, 11) is 3.70. The average molecular weight is 174 g/mol. The van der Waals surface area contributed by atoms with Crippen LogP contribution in [0.4, 0.5) is 8.78 Å². The Morgan fingerprint density at radius 3 is 3.00 bits per heavy atom. The van der Waals surface area contributed by atoms with Gasteiger partial charge in [-0.1, -0.05) is 0 Å². The molecule has 68 valence electrons. The van der Waals surface area contributed by atoms with E-state index in [4.69, 9.17) is 4.74 Å². The van der Waals surface area contributed by atoms with Crippen molar-refractivity contribution in [2.45, 2.75) is 24.4 Å². The quantitative estimate of drug-likeness (QED) is 0.497. The lowest BCUT2D eigenvalue weighted by molar-refractivity contribution is -0.254. The number of nitrogens with zero attached hydrogens (tertiary/aromatic N) is 1. The average Bonchev–Trinajstić information content (AvgIpc) is 2.45. The maximum absolute atomic E-state index is 13.2. The molecule has 4 heteroatoms. The van der Waals surface area contributed by atoms with E-state index in [1.165, 1.54) is 0 Å². The highest BCUT2D eigenvalue weighted by atomic mass is 19.2. The third kappa shape index (κ3) is 0.453. The highest BCUT2D eigenvalue weighted by Gasteiger charge is 2.76. The van der Waals surface area contributed by atoms with E-state index < -0.39 is 17.8 Å². The van der Waals surface area contributed by atoms with Crippen LogP contribution in [0.15, 0.2) is 0 Å². The van der Waals surface area contributed by atoms with Crippen LogP contribution < -0.4 is 0 Å². The number of hydrogen-bond donors (Lipinski definition) is 0. The molecule has 0 radical (unpaired) electrons. The van der Waals surface area contributed by atoms with Gasteiger partial charge < -0.3 is 9.64 Å². The summed E-state index contributed by atoms with van der Waals surface area (Å²) in [6.07, 6.45) is -2.67. The third-order valence-corrected chi connectivity index (χ3v) is 3.65. The van der Waals surface area contributed by atoms with E-state index in [1.807, 2.05) is 0 Å². The topological polar surface area (TPSA) is 12.5 Å². The minimum atomic E-state index is -1.35. The molecule has 1 aliphatic carbocycles. The van der Waals surface area contributed by atoms with E-state index in [9.17, 15) is 8.78 Å². The van der Waals surface area contributed by atoms with Crippen molar-refractivity contribution >= 4 is 0 Å². The Hall–Kier alpha value is -0.220. The molecule has 1 saturated carbocycles. The highest BCUT2D eigenvalue weighted by Crippen LogP contribution is 2.62. The number of alkyl halides is 2. The summed E-state index contributed by atoms with van der Waals surface area (Å²) < 4.78 is 31.4. The summed E-state index contributed by atoms with van der Waals surface area (Å²) in [5, 5.41) is 0. The maximum Gasteiger partial charge on any atom is 0.146 e. The summed E-state index contributed by atoms with van der Waals surface area (Å²) in [5.41, 5.74) is -0.527. The number of piperidine rings is 1. The molecule has 3 aliphatic rings. The molecule has 5 unspecified atom stereocenters. The smallest absolute Gasteiger partial charge is 0.146 e. The minimum absolute atomic E-state index is 0.0181. The van der Waals surface area contributed by atoms with Gasteiger partial charge in [0.05, 0.1) is 18.6 Å². The molecule has 3 fully saturated rings. The zero-order chi connectivity index (χ0) is 8.51. The molecule has 2 saturated heterocycles. The zero-order valence-corrected chi connectivity index (χ0v) is 6.54. The molecule has 0 aromatic rings. The summed E-state index contributed by atoms with van der Waals surface area (Å²) >= 11 is 0. The predicted molar refractivity (Wildman–Crippen MR) is 37.8 cm³/mol. The first kappa shape index (κ1) is 7.21. The van der Waals surface area contributed by atoms with Crippen LogP contribution in [0.1, 0.15) is 0 Å². The summed E-state index contributed by atoms with van der Waals surface area (Å²) in [5.74, 6) is 0. The van der Waals surface area contributed by atoms with Crippen LogP contribution in [0, 0.1) is 12.5 Å². The van der Waals surface area contributed by atoms with Gasteiger partial charge in [-0.2, -0.15) is 0 Å². The second kappa shape index (κ2) is 1.82. The molecule has 5 atom stereocenters. The van der Waals surface area contributed by atoms with Crippen molar-refractivity contribution in [3.05, 3.63) is 7.05 Å². The first-order valence-corrected chi connectivity index (χ1v) is 4.14. The van der Waals surface area contributed by atoms with Gasteiger partial charge >= 0.3 is 0 Å².